The first-order valence-electron chi connectivity index (χ1n) is 7.55. The van der Waals surface area contributed by atoms with Crippen LogP contribution in [0.5, 0.6) is 0 Å². The van der Waals surface area contributed by atoms with E-state index in [9.17, 15) is 4.39 Å². The van der Waals surface area contributed by atoms with E-state index in [1.54, 1.807) is 6.07 Å². The zero-order chi connectivity index (χ0) is 16.2. The first-order chi connectivity index (χ1) is 11.2. The van der Waals surface area contributed by atoms with Gasteiger partial charge in [0.05, 0.1) is 6.04 Å². The van der Waals surface area contributed by atoms with Crippen molar-refractivity contribution in [2.75, 3.05) is 18.1 Å². The predicted octanol–water partition coefficient (Wildman–Crippen LogP) is 4.23. The summed E-state index contributed by atoms with van der Waals surface area (Å²) in [7, 11) is 0. The number of hydrogen-bond acceptors (Lipinski definition) is 3. The van der Waals surface area contributed by atoms with Gasteiger partial charge >= 0.3 is 0 Å². The Morgan fingerprint density at radius 2 is 2.30 bits per heavy atom. The third-order valence-electron chi connectivity index (χ3n) is 3.63. The first kappa shape index (κ1) is 16.4. The van der Waals surface area contributed by atoms with Crippen LogP contribution in [0.25, 0.3) is 0 Å². The quantitative estimate of drug-likeness (QED) is 0.777. The van der Waals surface area contributed by atoms with Crippen molar-refractivity contribution < 1.29 is 9.13 Å². The number of benzene rings is 1. The van der Waals surface area contributed by atoms with Crippen molar-refractivity contribution in [3.05, 3.63) is 58.6 Å². The summed E-state index contributed by atoms with van der Waals surface area (Å²) in [5.74, 6) is 2.41. The van der Waals surface area contributed by atoms with E-state index in [0.29, 0.717) is 24.1 Å². The second-order valence-corrected chi connectivity index (χ2v) is 7.04. The highest BCUT2D eigenvalue weighted by Crippen LogP contribution is 2.21. The lowest BCUT2D eigenvalue weighted by atomic mass is 10.2. The molecular formula is C17H18ClFN2OS. The van der Waals surface area contributed by atoms with Gasteiger partial charge in [-0.25, -0.2) is 9.38 Å². The van der Waals surface area contributed by atoms with E-state index < -0.39 is 0 Å². The van der Waals surface area contributed by atoms with Crippen LogP contribution in [-0.2, 0) is 11.3 Å². The number of nitrogens with zero attached hydrogens (tertiary/aromatic N) is 2. The van der Waals surface area contributed by atoms with Crippen molar-refractivity contribution >= 4 is 29.3 Å². The topological polar surface area (TPSA) is 26.5 Å². The summed E-state index contributed by atoms with van der Waals surface area (Å²) in [5.41, 5.74) is 1.79. The number of ether oxygens (including phenoxy) is 1. The minimum atomic E-state index is -0.328. The van der Waals surface area contributed by atoms with Crippen LogP contribution in [0.15, 0.2) is 41.5 Å². The lowest BCUT2D eigenvalue weighted by Gasteiger charge is -2.10. The van der Waals surface area contributed by atoms with Crippen LogP contribution in [0.1, 0.15) is 18.2 Å². The molecule has 0 saturated carbocycles. The SMILES string of the molecule is CCSC[C@H]1COC(c2cccn2Cc2ccc(F)cc2Cl)=N1. The van der Waals surface area contributed by atoms with E-state index in [4.69, 9.17) is 16.3 Å². The normalized spacial score (nSPS) is 17.2. The second-order valence-electron chi connectivity index (χ2n) is 5.32. The van der Waals surface area contributed by atoms with E-state index in [2.05, 4.69) is 11.9 Å². The Hall–Kier alpha value is -1.46. The lowest BCUT2D eigenvalue weighted by molar-refractivity contribution is 0.323. The van der Waals surface area contributed by atoms with Gasteiger partial charge in [0, 0.05) is 23.5 Å². The Morgan fingerprint density at radius 1 is 1.43 bits per heavy atom. The van der Waals surface area contributed by atoms with E-state index in [-0.39, 0.29) is 11.9 Å². The van der Waals surface area contributed by atoms with Crippen molar-refractivity contribution in [2.24, 2.45) is 4.99 Å². The van der Waals surface area contributed by atoms with Crippen LogP contribution >= 0.6 is 23.4 Å². The molecule has 0 saturated heterocycles. The summed E-state index contributed by atoms with van der Waals surface area (Å²) < 4.78 is 20.9. The minimum Gasteiger partial charge on any atom is -0.474 e. The first-order valence-corrected chi connectivity index (χ1v) is 9.08. The molecule has 0 radical (unpaired) electrons. The van der Waals surface area contributed by atoms with Gasteiger partial charge < -0.3 is 9.30 Å². The highest BCUT2D eigenvalue weighted by molar-refractivity contribution is 7.99. The molecule has 0 N–H and O–H groups in total. The molecule has 1 aliphatic heterocycles. The smallest absolute Gasteiger partial charge is 0.233 e. The third kappa shape index (κ3) is 3.90. The molecule has 122 valence electrons. The van der Waals surface area contributed by atoms with Crippen LogP contribution in [0, 0.1) is 5.82 Å². The van der Waals surface area contributed by atoms with Crippen molar-refractivity contribution in [2.45, 2.75) is 19.5 Å². The Balaban J connectivity index is 1.77. The Kier molecular flexibility index (Phi) is 5.28. The molecule has 3 rings (SSSR count). The Bertz CT molecular complexity index is 716. The van der Waals surface area contributed by atoms with Gasteiger partial charge in [-0.05, 0) is 35.6 Å². The maximum absolute atomic E-state index is 13.2. The summed E-state index contributed by atoms with van der Waals surface area (Å²) in [6.07, 6.45) is 1.95. The molecular weight excluding hydrogens is 335 g/mol. The molecule has 23 heavy (non-hydrogen) atoms. The van der Waals surface area contributed by atoms with Gasteiger partial charge in [0.1, 0.15) is 18.1 Å². The summed E-state index contributed by atoms with van der Waals surface area (Å²) in [6.45, 7) is 3.33. The molecule has 2 aromatic rings. The zero-order valence-corrected chi connectivity index (χ0v) is 14.4. The van der Waals surface area contributed by atoms with Crippen molar-refractivity contribution in [1.82, 2.24) is 4.57 Å². The van der Waals surface area contributed by atoms with Crippen molar-refractivity contribution in [1.29, 1.82) is 0 Å². The number of hydrogen-bond donors (Lipinski definition) is 0. The number of thioether (sulfide) groups is 1. The molecule has 0 amide bonds. The lowest BCUT2D eigenvalue weighted by Crippen LogP contribution is -2.11. The van der Waals surface area contributed by atoms with Crippen LogP contribution < -0.4 is 0 Å². The maximum atomic E-state index is 13.2. The van der Waals surface area contributed by atoms with Gasteiger partial charge in [-0.2, -0.15) is 11.8 Å². The Labute approximate surface area is 144 Å². The number of aliphatic imine (C=N–C) groups is 1. The minimum absolute atomic E-state index is 0.215. The van der Waals surface area contributed by atoms with Crippen molar-refractivity contribution in [3.8, 4) is 0 Å². The van der Waals surface area contributed by atoms with Gasteiger partial charge in [0.25, 0.3) is 0 Å². The van der Waals surface area contributed by atoms with Crippen LogP contribution in [-0.4, -0.2) is 34.6 Å². The fourth-order valence-corrected chi connectivity index (χ4v) is 3.38. The van der Waals surface area contributed by atoms with Crippen LogP contribution in [0.4, 0.5) is 4.39 Å². The average molecular weight is 353 g/mol. The van der Waals surface area contributed by atoms with E-state index >= 15 is 0 Å². The highest BCUT2D eigenvalue weighted by Gasteiger charge is 2.22. The molecule has 1 aromatic heterocycles. The number of aromatic nitrogens is 1. The largest absolute Gasteiger partial charge is 0.474 e. The maximum Gasteiger partial charge on any atom is 0.233 e. The third-order valence-corrected chi connectivity index (χ3v) is 5.01. The summed E-state index contributed by atoms with van der Waals surface area (Å²) >= 11 is 7.99. The number of halogens is 2. The fourth-order valence-electron chi connectivity index (χ4n) is 2.47. The summed E-state index contributed by atoms with van der Waals surface area (Å²) in [4.78, 5) is 4.67. The number of rotatable bonds is 6. The van der Waals surface area contributed by atoms with Crippen LogP contribution in [0.3, 0.4) is 0 Å². The van der Waals surface area contributed by atoms with Crippen molar-refractivity contribution in [3.63, 3.8) is 0 Å². The molecule has 0 fully saturated rings. The molecule has 1 atom stereocenters. The standard InChI is InChI=1S/C17H18ClFN2OS/c1-2-23-11-14-10-22-17(20-14)16-4-3-7-21(16)9-12-5-6-13(19)8-15(12)18/h3-8,14H,2,9-11H2,1H3/t14-/m1/s1. The van der Waals surface area contributed by atoms with Gasteiger partial charge in [0.2, 0.25) is 5.90 Å². The molecule has 0 aliphatic carbocycles. The molecule has 0 spiro atoms. The van der Waals surface area contributed by atoms with Gasteiger partial charge in [-0.15, -0.1) is 0 Å². The summed E-state index contributed by atoms with van der Waals surface area (Å²) in [5, 5.41) is 0.427. The average Bonchev–Trinajstić information content (AvgIpc) is 3.16. The van der Waals surface area contributed by atoms with Gasteiger partial charge in [-0.1, -0.05) is 24.6 Å². The molecule has 1 aromatic carbocycles. The molecule has 3 nitrogen and oxygen atoms in total. The predicted molar refractivity (Wildman–Crippen MR) is 94.2 cm³/mol. The second kappa shape index (κ2) is 7.41. The summed E-state index contributed by atoms with van der Waals surface area (Å²) in [6, 6.07) is 8.61. The molecule has 0 unspecified atom stereocenters. The molecule has 1 aliphatic rings. The molecule has 2 heterocycles. The van der Waals surface area contributed by atoms with E-state index in [1.807, 2.05) is 34.7 Å². The van der Waals surface area contributed by atoms with Crippen LogP contribution in [0.2, 0.25) is 5.02 Å². The van der Waals surface area contributed by atoms with Gasteiger partial charge in [-0.3, -0.25) is 0 Å². The Morgan fingerprint density at radius 3 is 3.09 bits per heavy atom. The van der Waals surface area contributed by atoms with E-state index in [1.165, 1.54) is 12.1 Å². The highest BCUT2D eigenvalue weighted by atomic mass is 35.5. The fraction of sp³-hybridized carbons (Fsp3) is 0.353. The monoisotopic (exact) mass is 352 g/mol. The molecule has 6 heteroatoms. The molecule has 0 bridgehead atoms. The van der Waals surface area contributed by atoms with Gasteiger partial charge in [0.15, 0.2) is 0 Å². The van der Waals surface area contributed by atoms with E-state index in [0.717, 1.165) is 22.8 Å². The zero-order valence-electron chi connectivity index (χ0n) is 12.8.